The minimum atomic E-state index is -0.671. The van der Waals surface area contributed by atoms with Gasteiger partial charge in [0.2, 0.25) is 0 Å². The fraction of sp³-hybridized carbons (Fsp3) is 0.0769. The van der Waals surface area contributed by atoms with Gasteiger partial charge in [0.25, 0.3) is 0 Å². The SMILES string of the molecule is COC(=O)c1ccnc(Sc2ccc(F)cc2F)c1. The largest absolute Gasteiger partial charge is 0.465 e. The molecule has 19 heavy (non-hydrogen) atoms. The van der Waals surface area contributed by atoms with Gasteiger partial charge in [0.1, 0.15) is 16.7 Å². The third-order valence-corrected chi connectivity index (χ3v) is 3.25. The Bertz CT molecular complexity index is 619. The topological polar surface area (TPSA) is 39.2 Å². The lowest BCUT2D eigenvalue weighted by atomic mass is 10.3. The van der Waals surface area contributed by atoms with E-state index in [-0.39, 0.29) is 4.90 Å². The zero-order valence-electron chi connectivity index (χ0n) is 9.89. The van der Waals surface area contributed by atoms with Crippen molar-refractivity contribution in [2.24, 2.45) is 0 Å². The highest BCUT2D eigenvalue weighted by atomic mass is 32.2. The summed E-state index contributed by atoms with van der Waals surface area (Å²) in [4.78, 5) is 15.6. The number of carbonyl (C=O) groups excluding carboxylic acids is 1. The number of nitrogens with zero attached hydrogens (tertiary/aromatic N) is 1. The molecule has 0 aliphatic rings. The molecule has 0 radical (unpaired) electrons. The van der Waals surface area contributed by atoms with Gasteiger partial charge in [-0.2, -0.15) is 0 Å². The molecule has 0 spiro atoms. The van der Waals surface area contributed by atoms with Crippen LogP contribution in [-0.4, -0.2) is 18.1 Å². The average Bonchev–Trinajstić information content (AvgIpc) is 2.41. The number of hydrogen-bond acceptors (Lipinski definition) is 4. The second-order valence-corrected chi connectivity index (χ2v) is 4.61. The van der Waals surface area contributed by atoms with Crippen LogP contribution in [0.5, 0.6) is 0 Å². The smallest absolute Gasteiger partial charge is 0.337 e. The highest BCUT2D eigenvalue weighted by Gasteiger charge is 2.10. The number of rotatable bonds is 3. The Morgan fingerprint density at radius 1 is 1.26 bits per heavy atom. The van der Waals surface area contributed by atoms with Gasteiger partial charge in [-0.1, -0.05) is 11.8 Å². The van der Waals surface area contributed by atoms with Gasteiger partial charge >= 0.3 is 5.97 Å². The highest BCUT2D eigenvalue weighted by Crippen LogP contribution is 2.29. The van der Waals surface area contributed by atoms with Crippen LogP contribution in [0.3, 0.4) is 0 Å². The van der Waals surface area contributed by atoms with E-state index in [9.17, 15) is 13.6 Å². The van der Waals surface area contributed by atoms with E-state index in [1.165, 1.54) is 31.5 Å². The van der Waals surface area contributed by atoms with Crippen molar-refractivity contribution >= 4 is 17.7 Å². The molecule has 0 aliphatic heterocycles. The summed E-state index contributed by atoms with van der Waals surface area (Å²) in [5.74, 6) is -1.81. The molecule has 1 aromatic heterocycles. The third kappa shape index (κ3) is 3.29. The van der Waals surface area contributed by atoms with Crippen LogP contribution in [0, 0.1) is 11.6 Å². The number of methoxy groups -OCH3 is 1. The molecule has 98 valence electrons. The Labute approximate surface area is 112 Å². The van der Waals surface area contributed by atoms with E-state index in [0.29, 0.717) is 10.6 Å². The number of esters is 1. The van der Waals surface area contributed by atoms with Crippen LogP contribution in [0.1, 0.15) is 10.4 Å². The first-order valence-corrected chi connectivity index (χ1v) is 6.09. The van der Waals surface area contributed by atoms with Gasteiger partial charge in [0.05, 0.1) is 12.7 Å². The van der Waals surface area contributed by atoms with Gasteiger partial charge in [0.15, 0.2) is 0 Å². The fourth-order valence-corrected chi connectivity index (χ4v) is 2.20. The molecule has 0 amide bonds. The van der Waals surface area contributed by atoms with Crippen molar-refractivity contribution < 1.29 is 18.3 Å². The highest BCUT2D eigenvalue weighted by molar-refractivity contribution is 7.99. The Kier molecular flexibility index (Phi) is 4.11. The Hall–Kier alpha value is -1.95. The summed E-state index contributed by atoms with van der Waals surface area (Å²) in [6.07, 6.45) is 1.43. The molecule has 0 unspecified atom stereocenters. The number of benzene rings is 1. The van der Waals surface area contributed by atoms with Crippen molar-refractivity contribution in [3.63, 3.8) is 0 Å². The first-order valence-electron chi connectivity index (χ1n) is 5.27. The summed E-state index contributed by atoms with van der Waals surface area (Å²) in [5, 5.41) is 0.424. The van der Waals surface area contributed by atoms with Crippen molar-refractivity contribution in [1.82, 2.24) is 4.98 Å². The maximum Gasteiger partial charge on any atom is 0.337 e. The lowest BCUT2D eigenvalue weighted by Gasteiger charge is -2.04. The second-order valence-electron chi connectivity index (χ2n) is 3.55. The van der Waals surface area contributed by atoms with Gasteiger partial charge in [-0.15, -0.1) is 0 Å². The predicted molar refractivity (Wildman–Crippen MR) is 66.1 cm³/mol. The Balaban J connectivity index is 2.26. The second kappa shape index (κ2) is 5.79. The monoisotopic (exact) mass is 281 g/mol. The van der Waals surface area contributed by atoms with Crippen LogP contribution < -0.4 is 0 Å². The Morgan fingerprint density at radius 3 is 2.74 bits per heavy atom. The van der Waals surface area contributed by atoms with E-state index in [4.69, 9.17) is 0 Å². The molecule has 1 aromatic carbocycles. The zero-order valence-corrected chi connectivity index (χ0v) is 10.7. The summed E-state index contributed by atoms with van der Waals surface area (Å²) in [6.45, 7) is 0. The van der Waals surface area contributed by atoms with Gasteiger partial charge in [-0.05, 0) is 24.3 Å². The standard InChI is InChI=1S/C13H9F2NO2S/c1-18-13(17)8-4-5-16-12(6-8)19-11-3-2-9(14)7-10(11)15/h2-7H,1H3. The number of pyridine rings is 1. The molecule has 2 rings (SSSR count). The molecule has 0 fully saturated rings. The zero-order chi connectivity index (χ0) is 13.8. The lowest BCUT2D eigenvalue weighted by Crippen LogP contribution is -2.01. The van der Waals surface area contributed by atoms with Gasteiger partial charge in [0, 0.05) is 17.2 Å². The van der Waals surface area contributed by atoms with Crippen LogP contribution in [0.25, 0.3) is 0 Å². The molecular formula is C13H9F2NO2S. The van der Waals surface area contributed by atoms with Crippen LogP contribution in [0.2, 0.25) is 0 Å². The number of ether oxygens (including phenoxy) is 1. The Morgan fingerprint density at radius 2 is 2.05 bits per heavy atom. The molecule has 0 bridgehead atoms. The van der Waals surface area contributed by atoms with E-state index < -0.39 is 17.6 Å². The molecule has 6 heteroatoms. The van der Waals surface area contributed by atoms with E-state index in [1.807, 2.05) is 0 Å². The molecular weight excluding hydrogens is 272 g/mol. The molecule has 2 aromatic rings. The van der Waals surface area contributed by atoms with E-state index in [2.05, 4.69) is 9.72 Å². The lowest BCUT2D eigenvalue weighted by molar-refractivity contribution is 0.0600. The number of halogens is 2. The van der Waals surface area contributed by atoms with Crippen LogP contribution in [-0.2, 0) is 4.74 Å². The third-order valence-electron chi connectivity index (χ3n) is 2.26. The minimum absolute atomic E-state index is 0.232. The van der Waals surface area contributed by atoms with E-state index in [0.717, 1.165) is 23.9 Å². The summed E-state index contributed by atoms with van der Waals surface area (Å²) < 4.78 is 30.8. The number of aromatic nitrogens is 1. The molecule has 0 N–H and O–H groups in total. The number of carbonyl (C=O) groups is 1. The summed E-state index contributed by atoms with van der Waals surface area (Å²) in [6, 6.07) is 6.26. The van der Waals surface area contributed by atoms with Crippen LogP contribution >= 0.6 is 11.8 Å². The van der Waals surface area contributed by atoms with Crippen molar-refractivity contribution in [3.8, 4) is 0 Å². The predicted octanol–water partition coefficient (Wildman–Crippen LogP) is 3.30. The molecule has 0 saturated heterocycles. The van der Waals surface area contributed by atoms with E-state index in [1.54, 1.807) is 0 Å². The van der Waals surface area contributed by atoms with E-state index >= 15 is 0 Å². The van der Waals surface area contributed by atoms with Crippen molar-refractivity contribution in [2.45, 2.75) is 9.92 Å². The maximum absolute atomic E-state index is 13.5. The number of hydrogen-bond donors (Lipinski definition) is 0. The van der Waals surface area contributed by atoms with Crippen molar-refractivity contribution in [2.75, 3.05) is 7.11 Å². The van der Waals surface area contributed by atoms with Gasteiger partial charge in [-0.25, -0.2) is 18.6 Å². The summed E-state index contributed by atoms with van der Waals surface area (Å²) >= 11 is 1.00. The van der Waals surface area contributed by atoms with Crippen molar-refractivity contribution in [1.29, 1.82) is 0 Å². The van der Waals surface area contributed by atoms with Gasteiger partial charge < -0.3 is 4.74 Å². The molecule has 0 atom stereocenters. The van der Waals surface area contributed by atoms with Crippen molar-refractivity contribution in [3.05, 3.63) is 53.7 Å². The van der Waals surface area contributed by atoms with Gasteiger partial charge in [-0.3, -0.25) is 0 Å². The first-order chi connectivity index (χ1) is 9.10. The quantitative estimate of drug-likeness (QED) is 0.809. The minimum Gasteiger partial charge on any atom is -0.465 e. The summed E-state index contributed by atoms with van der Waals surface area (Å²) in [5.41, 5.74) is 0.322. The van der Waals surface area contributed by atoms with Crippen LogP contribution in [0.4, 0.5) is 8.78 Å². The average molecular weight is 281 g/mol. The molecule has 0 saturated carbocycles. The molecule has 1 heterocycles. The normalized spacial score (nSPS) is 10.3. The van der Waals surface area contributed by atoms with Crippen LogP contribution in [0.15, 0.2) is 46.5 Å². The molecule has 0 aliphatic carbocycles. The summed E-state index contributed by atoms with van der Waals surface area (Å²) in [7, 11) is 1.27. The first kappa shape index (κ1) is 13.5. The maximum atomic E-state index is 13.5. The molecule has 3 nitrogen and oxygen atoms in total. The fourth-order valence-electron chi connectivity index (χ4n) is 1.38.